The van der Waals surface area contributed by atoms with Crippen molar-refractivity contribution in [1.82, 2.24) is 10.3 Å². The van der Waals surface area contributed by atoms with Crippen molar-refractivity contribution in [2.24, 2.45) is 0 Å². The van der Waals surface area contributed by atoms with Gasteiger partial charge in [0.2, 0.25) is 0 Å². The summed E-state index contributed by atoms with van der Waals surface area (Å²) in [6, 6.07) is 0. The highest BCUT2D eigenvalue weighted by molar-refractivity contribution is 4.79. The van der Waals surface area contributed by atoms with E-state index in [4.69, 9.17) is 10.4 Å². The molecule has 52 valence electrons. The van der Waals surface area contributed by atoms with Gasteiger partial charge in [0.05, 0.1) is 0 Å². The number of hydrogen-bond acceptors (Lipinski definition) is 4. The Morgan fingerprint density at radius 2 is 2.11 bits per heavy atom. The van der Waals surface area contributed by atoms with Gasteiger partial charge in [-0.1, -0.05) is 11.2 Å². The lowest BCUT2D eigenvalue weighted by atomic mass is 10.3. The molecule has 0 bridgehead atoms. The average molecular weight is 130 g/mol. The molecular formula is C5H10N2O2. The first-order chi connectivity index (χ1) is 4.30. The molecule has 0 fully saturated rings. The summed E-state index contributed by atoms with van der Waals surface area (Å²) in [5.74, 6) is 0. The summed E-state index contributed by atoms with van der Waals surface area (Å²) in [6.07, 6.45) is 4.99. The van der Waals surface area contributed by atoms with Crippen LogP contribution in [0.3, 0.4) is 0 Å². The van der Waals surface area contributed by atoms with Crippen molar-refractivity contribution in [2.75, 3.05) is 6.54 Å². The van der Waals surface area contributed by atoms with E-state index in [0.717, 1.165) is 18.0 Å². The summed E-state index contributed by atoms with van der Waals surface area (Å²) in [7, 11) is 0. The summed E-state index contributed by atoms with van der Waals surface area (Å²) >= 11 is 0. The number of nitrogens with zero attached hydrogens (tertiary/aromatic N) is 2. The molecule has 1 aliphatic heterocycles. The SMILES string of the molecule is ON1C=CCCCN1O. The number of rotatable bonds is 0. The Morgan fingerprint density at radius 3 is 2.89 bits per heavy atom. The zero-order chi connectivity index (χ0) is 6.69. The molecule has 0 spiro atoms. The Hall–Kier alpha value is -0.580. The molecule has 0 aromatic rings. The van der Waals surface area contributed by atoms with Crippen molar-refractivity contribution < 1.29 is 10.4 Å². The highest BCUT2D eigenvalue weighted by atomic mass is 16.7. The second-order valence-electron chi connectivity index (χ2n) is 1.94. The number of hydroxylamine groups is 2. The predicted molar refractivity (Wildman–Crippen MR) is 30.5 cm³/mol. The molecule has 0 aromatic carbocycles. The fourth-order valence-corrected chi connectivity index (χ4v) is 0.699. The van der Waals surface area contributed by atoms with Gasteiger partial charge in [0.1, 0.15) is 0 Å². The Balaban J connectivity index is 2.46. The van der Waals surface area contributed by atoms with Crippen LogP contribution in [0.1, 0.15) is 12.8 Å². The Kier molecular flexibility index (Phi) is 2.05. The van der Waals surface area contributed by atoms with Crippen LogP contribution in [0.15, 0.2) is 12.3 Å². The van der Waals surface area contributed by atoms with Crippen molar-refractivity contribution in [2.45, 2.75) is 12.8 Å². The van der Waals surface area contributed by atoms with Gasteiger partial charge >= 0.3 is 0 Å². The molecule has 0 saturated carbocycles. The van der Waals surface area contributed by atoms with E-state index in [1.165, 1.54) is 6.20 Å². The molecule has 0 radical (unpaired) electrons. The van der Waals surface area contributed by atoms with Gasteiger partial charge in [-0.3, -0.25) is 10.4 Å². The van der Waals surface area contributed by atoms with E-state index in [1.54, 1.807) is 6.08 Å². The number of hydrazine groups is 1. The van der Waals surface area contributed by atoms with Gasteiger partial charge in [0, 0.05) is 12.7 Å². The molecule has 9 heavy (non-hydrogen) atoms. The van der Waals surface area contributed by atoms with Crippen LogP contribution in [0.25, 0.3) is 0 Å². The van der Waals surface area contributed by atoms with Crippen molar-refractivity contribution >= 4 is 0 Å². The molecule has 1 rings (SSSR count). The summed E-state index contributed by atoms with van der Waals surface area (Å²) in [4.78, 5) is 0. The van der Waals surface area contributed by atoms with Gasteiger partial charge in [-0.25, -0.2) is 0 Å². The van der Waals surface area contributed by atoms with Crippen molar-refractivity contribution in [3.05, 3.63) is 12.3 Å². The third kappa shape index (κ3) is 1.67. The van der Waals surface area contributed by atoms with Crippen LogP contribution in [-0.4, -0.2) is 27.3 Å². The molecule has 0 atom stereocenters. The first kappa shape index (κ1) is 6.54. The van der Waals surface area contributed by atoms with E-state index in [2.05, 4.69) is 0 Å². The van der Waals surface area contributed by atoms with E-state index in [1.807, 2.05) is 0 Å². The predicted octanol–water partition coefficient (Wildman–Crippen LogP) is 0.591. The molecular weight excluding hydrogens is 120 g/mol. The van der Waals surface area contributed by atoms with Crippen molar-refractivity contribution in [3.63, 3.8) is 0 Å². The fourth-order valence-electron chi connectivity index (χ4n) is 0.699. The lowest BCUT2D eigenvalue weighted by Crippen LogP contribution is -2.33. The summed E-state index contributed by atoms with van der Waals surface area (Å²) in [6.45, 7) is 0.476. The molecule has 0 saturated heterocycles. The number of hydrogen-bond donors (Lipinski definition) is 2. The first-order valence-corrected chi connectivity index (χ1v) is 2.92. The van der Waals surface area contributed by atoms with Crippen LogP contribution < -0.4 is 0 Å². The zero-order valence-corrected chi connectivity index (χ0v) is 5.06. The molecule has 1 heterocycles. The smallest absolute Gasteiger partial charge is 0.0478 e. The normalized spacial score (nSPS) is 22.2. The third-order valence-corrected chi connectivity index (χ3v) is 1.20. The molecule has 2 N–H and O–H groups in total. The maximum absolute atomic E-state index is 8.82. The van der Waals surface area contributed by atoms with Crippen LogP contribution in [0.5, 0.6) is 0 Å². The van der Waals surface area contributed by atoms with Crippen LogP contribution in [0, 0.1) is 0 Å². The Bertz CT molecular complexity index is 116. The Labute approximate surface area is 53.5 Å². The fraction of sp³-hybridized carbons (Fsp3) is 0.600. The minimum atomic E-state index is 0.476. The van der Waals surface area contributed by atoms with Gasteiger partial charge in [-0.2, -0.15) is 5.17 Å². The van der Waals surface area contributed by atoms with Crippen LogP contribution >= 0.6 is 0 Å². The van der Waals surface area contributed by atoms with Gasteiger partial charge < -0.3 is 0 Å². The second-order valence-corrected chi connectivity index (χ2v) is 1.94. The van der Waals surface area contributed by atoms with Crippen LogP contribution in [0.4, 0.5) is 0 Å². The van der Waals surface area contributed by atoms with Crippen LogP contribution in [0.2, 0.25) is 0 Å². The minimum Gasteiger partial charge on any atom is -0.293 e. The van der Waals surface area contributed by atoms with E-state index >= 15 is 0 Å². The highest BCUT2D eigenvalue weighted by Crippen LogP contribution is 2.02. The average Bonchev–Trinajstić information content (AvgIpc) is 1.99. The largest absolute Gasteiger partial charge is 0.293 e. The van der Waals surface area contributed by atoms with Crippen molar-refractivity contribution in [3.8, 4) is 0 Å². The molecule has 4 heteroatoms. The third-order valence-electron chi connectivity index (χ3n) is 1.20. The zero-order valence-electron chi connectivity index (χ0n) is 5.06. The van der Waals surface area contributed by atoms with Crippen LogP contribution in [-0.2, 0) is 0 Å². The number of allylic oxidation sites excluding steroid dienone is 1. The standard InChI is InChI=1S/C5H10N2O2/c8-6-4-2-1-3-5-7(6)9/h2,4,8-9H,1,3,5H2. The van der Waals surface area contributed by atoms with E-state index < -0.39 is 0 Å². The van der Waals surface area contributed by atoms with Gasteiger partial charge in [0.15, 0.2) is 0 Å². The lowest BCUT2D eigenvalue weighted by molar-refractivity contribution is -0.339. The topological polar surface area (TPSA) is 46.9 Å². The lowest BCUT2D eigenvalue weighted by Gasteiger charge is -2.19. The molecule has 0 amide bonds. The summed E-state index contributed by atoms with van der Waals surface area (Å²) < 4.78 is 0. The maximum atomic E-state index is 8.82. The van der Waals surface area contributed by atoms with Crippen molar-refractivity contribution in [1.29, 1.82) is 0 Å². The monoisotopic (exact) mass is 130 g/mol. The van der Waals surface area contributed by atoms with Gasteiger partial charge in [-0.05, 0) is 12.8 Å². The maximum Gasteiger partial charge on any atom is 0.0478 e. The second kappa shape index (κ2) is 2.82. The Morgan fingerprint density at radius 1 is 1.33 bits per heavy atom. The minimum absolute atomic E-state index is 0.476. The first-order valence-electron chi connectivity index (χ1n) is 2.92. The molecule has 0 aromatic heterocycles. The summed E-state index contributed by atoms with van der Waals surface area (Å²) in [5.41, 5.74) is 0. The van der Waals surface area contributed by atoms with E-state index in [-0.39, 0.29) is 0 Å². The quantitative estimate of drug-likeness (QED) is 0.504. The molecule has 1 aliphatic rings. The molecule has 0 aliphatic carbocycles. The van der Waals surface area contributed by atoms with Gasteiger partial charge in [-0.15, -0.1) is 0 Å². The van der Waals surface area contributed by atoms with Gasteiger partial charge in [0.25, 0.3) is 0 Å². The molecule has 0 unspecified atom stereocenters. The molecule has 4 nitrogen and oxygen atoms in total. The van der Waals surface area contributed by atoms with E-state index in [9.17, 15) is 0 Å². The summed E-state index contributed by atoms with van der Waals surface area (Å²) in [5, 5.41) is 19.0. The van der Waals surface area contributed by atoms with E-state index in [0.29, 0.717) is 11.7 Å². The highest BCUT2D eigenvalue weighted by Gasteiger charge is 2.06.